The Bertz CT molecular complexity index is 525. The van der Waals surface area contributed by atoms with Crippen LogP contribution in [0.4, 0.5) is 0 Å². The number of halogens is 1. The summed E-state index contributed by atoms with van der Waals surface area (Å²) >= 11 is 1.19. The van der Waals surface area contributed by atoms with Crippen LogP contribution in [0.1, 0.15) is 30.8 Å². The summed E-state index contributed by atoms with van der Waals surface area (Å²) in [5, 5.41) is 0. The van der Waals surface area contributed by atoms with E-state index in [2.05, 4.69) is 13.8 Å². The first-order valence-electron chi connectivity index (χ1n) is 6.90. The predicted molar refractivity (Wildman–Crippen MR) is 90.4 cm³/mol. The van der Waals surface area contributed by atoms with Crippen molar-refractivity contribution >= 4 is 29.7 Å². The molecule has 0 aliphatic rings. The standard InChI is InChI=1S/C14H25N3O2S.ClH/c1-9(2)12(15)6-7-16(5)13(18)8-17-10(3)11(4)20-14(17)19;/h9,12H,6-8,15H2,1-5H3;1H. The summed E-state index contributed by atoms with van der Waals surface area (Å²) in [6.45, 7) is 8.65. The van der Waals surface area contributed by atoms with Crippen LogP contribution in [0, 0.1) is 19.8 Å². The summed E-state index contributed by atoms with van der Waals surface area (Å²) in [5.41, 5.74) is 6.85. The second-order valence-corrected chi connectivity index (χ2v) is 6.77. The Morgan fingerprint density at radius 2 is 1.95 bits per heavy atom. The molecule has 122 valence electrons. The molecule has 0 aromatic carbocycles. The van der Waals surface area contributed by atoms with E-state index in [4.69, 9.17) is 5.73 Å². The van der Waals surface area contributed by atoms with Gasteiger partial charge in [0.05, 0.1) is 0 Å². The number of likely N-dealkylation sites (N-methyl/N-ethyl adjacent to an activating group) is 1. The van der Waals surface area contributed by atoms with Crippen molar-refractivity contribution in [2.45, 2.75) is 46.7 Å². The quantitative estimate of drug-likeness (QED) is 0.861. The highest BCUT2D eigenvalue weighted by molar-refractivity contribution is 7.09. The Hall–Kier alpha value is -0.850. The normalized spacial score (nSPS) is 12.1. The molecule has 0 aliphatic heterocycles. The molecule has 5 nitrogen and oxygen atoms in total. The van der Waals surface area contributed by atoms with Gasteiger partial charge in [0.25, 0.3) is 0 Å². The van der Waals surface area contributed by atoms with E-state index in [1.165, 1.54) is 11.3 Å². The summed E-state index contributed by atoms with van der Waals surface area (Å²) in [7, 11) is 1.76. The maximum Gasteiger partial charge on any atom is 0.308 e. The van der Waals surface area contributed by atoms with Crippen LogP contribution in [0.3, 0.4) is 0 Å². The van der Waals surface area contributed by atoms with Gasteiger partial charge in [0.15, 0.2) is 0 Å². The van der Waals surface area contributed by atoms with Crippen molar-refractivity contribution in [3.05, 3.63) is 20.2 Å². The molecule has 0 saturated carbocycles. The van der Waals surface area contributed by atoms with Crippen LogP contribution in [0.25, 0.3) is 0 Å². The number of aryl methyl sites for hydroxylation is 1. The average Bonchev–Trinajstić information content (AvgIpc) is 2.61. The number of carbonyl (C=O) groups is 1. The second kappa shape index (κ2) is 8.56. The van der Waals surface area contributed by atoms with Crippen LogP contribution in [0.5, 0.6) is 0 Å². The van der Waals surface area contributed by atoms with Crippen molar-refractivity contribution in [3.63, 3.8) is 0 Å². The lowest BCUT2D eigenvalue weighted by molar-refractivity contribution is -0.130. The molecular weight excluding hydrogens is 310 g/mol. The Balaban J connectivity index is 0.00000400. The first kappa shape index (κ1) is 20.1. The minimum atomic E-state index is -0.0689. The number of nitrogens with zero attached hydrogens (tertiary/aromatic N) is 2. The first-order chi connectivity index (χ1) is 9.23. The molecule has 0 aliphatic carbocycles. The fourth-order valence-electron chi connectivity index (χ4n) is 1.83. The van der Waals surface area contributed by atoms with Crippen LogP contribution < -0.4 is 10.6 Å². The molecule has 0 bridgehead atoms. The number of rotatable bonds is 6. The summed E-state index contributed by atoms with van der Waals surface area (Å²) in [4.78, 5) is 26.5. The van der Waals surface area contributed by atoms with Crippen LogP contribution in [0.2, 0.25) is 0 Å². The minimum Gasteiger partial charge on any atom is -0.344 e. The van der Waals surface area contributed by atoms with E-state index < -0.39 is 0 Å². The van der Waals surface area contributed by atoms with Gasteiger partial charge in [-0.1, -0.05) is 25.2 Å². The number of nitrogens with two attached hydrogens (primary N) is 1. The van der Waals surface area contributed by atoms with Gasteiger partial charge in [0, 0.05) is 30.2 Å². The third-order valence-electron chi connectivity index (χ3n) is 3.75. The molecule has 1 amide bonds. The van der Waals surface area contributed by atoms with Crippen LogP contribution in [0.15, 0.2) is 4.79 Å². The van der Waals surface area contributed by atoms with E-state index in [-0.39, 0.29) is 35.8 Å². The maximum absolute atomic E-state index is 12.1. The molecule has 0 radical (unpaired) electrons. The molecule has 2 N–H and O–H groups in total. The van der Waals surface area contributed by atoms with Crippen molar-refractivity contribution < 1.29 is 4.79 Å². The zero-order valence-electron chi connectivity index (χ0n) is 13.4. The molecule has 0 saturated heterocycles. The monoisotopic (exact) mass is 335 g/mol. The SMILES string of the molecule is Cc1sc(=O)n(CC(=O)N(C)CCC(N)C(C)C)c1C.Cl. The van der Waals surface area contributed by atoms with Crippen molar-refractivity contribution in [2.24, 2.45) is 11.7 Å². The van der Waals surface area contributed by atoms with E-state index in [0.717, 1.165) is 17.0 Å². The van der Waals surface area contributed by atoms with Gasteiger partial charge in [-0.05, 0) is 26.2 Å². The molecule has 7 heteroatoms. The largest absolute Gasteiger partial charge is 0.344 e. The highest BCUT2D eigenvalue weighted by Crippen LogP contribution is 2.10. The molecule has 21 heavy (non-hydrogen) atoms. The van der Waals surface area contributed by atoms with Gasteiger partial charge in [0.1, 0.15) is 6.54 Å². The summed E-state index contributed by atoms with van der Waals surface area (Å²) in [6, 6.07) is 0.0955. The number of amides is 1. The minimum absolute atomic E-state index is 0. The van der Waals surface area contributed by atoms with Gasteiger partial charge < -0.3 is 10.6 Å². The molecule has 1 unspecified atom stereocenters. The third kappa shape index (κ3) is 5.45. The molecule has 1 heterocycles. The molecular formula is C14H26ClN3O2S. The van der Waals surface area contributed by atoms with Gasteiger partial charge in [-0.2, -0.15) is 0 Å². The van der Waals surface area contributed by atoms with E-state index in [1.807, 2.05) is 13.8 Å². The lowest BCUT2D eigenvalue weighted by atomic mass is 10.0. The highest BCUT2D eigenvalue weighted by atomic mass is 35.5. The smallest absolute Gasteiger partial charge is 0.308 e. The number of aromatic nitrogens is 1. The Morgan fingerprint density at radius 1 is 1.38 bits per heavy atom. The summed E-state index contributed by atoms with van der Waals surface area (Å²) < 4.78 is 1.54. The van der Waals surface area contributed by atoms with E-state index in [9.17, 15) is 9.59 Å². The average molecular weight is 336 g/mol. The molecule has 1 atom stereocenters. The van der Waals surface area contributed by atoms with Crippen molar-refractivity contribution in [1.82, 2.24) is 9.47 Å². The molecule has 1 aromatic rings. The fraction of sp³-hybridized carbons (Fsp3) is 0.714. The summed E-state index contributed by atoms with van der Waals surface area (Å²) in [6.07, 6.45) is 0.774. The van der Waals surface area contributed by atoms with E-state index in [0.29, 0.717) is 12.5 Å². The lowest BCUT2D eigenvalue weighted by Gasteiger charge is -2.21. The van der Waals surface area contributed by atoms with E-state index >= 15 is 0 Å². The van der Waals surface area contributed by atoms with Crippen LogP contribution in [-0.4, -0.2) is 35.0 Å². The number of thiazole rings is 1. The van der Waals surface area contributed by atoms with Crippen LogP contribution >= 0.6 is 23.7 Å². The highest BCUT2D eigenvalue weighted by Gasteiger charge is 2.16. The molecule has 0 fully saturated rings. The third-order valence-corrected chi connectivity index (χ3v) is 4.75. The van der Waals surface area contributed by atoms with Crippen molar-refractivity contribution in [1.29, 1.82) is 0 Å². The first-order valence-corrected chi connectivity index (χ1v) is 7.72. The van der Waals surface area contributed by atoms with Crippen molar-refractivity contribution in [2.75, 3.05) is 13.6 Å². The Labute approximate surface area is 136 Å². The maximum atomic E-state index is 12.1. The van der Waals surface area contributed by atoms with Gasteiger partial charge in [-0.15, -0.1) is 12.4 Å². The number of hydrogen-bond acceptors (Lipinski definition) is 4. The van der Waals surface area contributed by atoms with Crippen LogP contribution in [-0.2, 0) is 11.3 Å². The molecule has 1 rings (SSSR count). The Kier molecular flexibility index (Phi) is 8.21. The zero-order chi connectivity index (χ0) is 15.4. The second-order valence-electron chi connectivity index (χ2n) is 5.61. The predicted octanol–water partition coefficient (Wildman–Crippen LogP) is 1.78. The zero-order valence-corrected chi connectivity index (χ0v) is 15.0. The number of hydrogen-bond donors (Lipinski definition) is 1. The van der Waals surface area contributed by atoms with Gasteiger partial charge in [-0.25, -0.2) is 0 Å². The topological polar surface area (TPSA) is 68.3 Å². The molecule has 0 spiro atoms. The molecule has 1 aromatic heterocycles. The van der Waals surface area contributed by atoms with Gasteiger partial charge in [0.2, 0.25) is 5.91 Å². The van der Waals surface area contributed by atoms with Gasteiger partial charge >= 0.3 is 4.87 Å². The van der Waals surface area contributed by atoms with E-state index in [1.54, 1.807) is 16.5 Å². The Morgan fingerprint density at radius 3 is 2.38 bits per heavy atom. The summed E-state index contributed by atoms with van der Waals surface area (Å²) in [5.74, 6) is 0.354. The lowest BCUT2D eigenvalue weighted by Crippen LogP contribution is -2.37. The van der Waals surface area contributed by atoms with Crippen molar-refractivity contribution in [3.8, 4) is 0 Å². The van der Waals surface area contributed by atoms with Gasteiger partial charge in [-0.3, -0.25) is 14.2 Å². The number of carbonyl (C=O) groups excluding carboxylic acids is 1. The fourth-order valence-corrected chi connectivity index (χ4v) is 2.66.